The molecule has 3 aliphatic heterocycles. The minimum absolute atomic E-state index is 0.0355. The van der Waals surface area contributed by atoms with Crippen molar-refractivity contribution in [1.82, 2.24) is 14.8 Å². The number of rotatable bonds is 2. The highest BCUT2D eigenvalue weighted by molar-refractivity contribution is 5.99. The van der Waals surface area contributed by atoms with Gasteiger partial charge in [0.05, 0.1) is 6.04 Å². The number of carbonyl (C=O) groups excluding carboxylic acids is 2. The zero-order chi connectivity index (χ0) is 18.7. The lowest BCUT2D eigenvalue weighted by molar-refractivity contribution is -0.168. The number of fused-ring (bicyclic) bond motifs is 5. The van der Waals surface area contributed by atoms with Gasteiger partial charge in [0.2, 0.25) is 11.8 Å². The second kappa shape index (κ2) is 6.11. The van der Waals surface area contributed by atoms with Crippen LogP contribution in [0.15, 0.2) is 24.3 Å². The number of benzene rings is 1. The predicted octanol–water partition coefficient (Wildman–Crippen LogP) is 3.40. The van der Waals surface area contributed by atoms with E-state index in [4.69, 9.17) is 0 Å². The Hall–Kier alpha value is -2.30. The van der Waals surface area contributed by atoms with Crippen LogP contribution in [0.3, 0.4) is 0 Å². The molecule has 0 bridgehead atoms. The van der Waals surface area contributed by atoms with E-state index in [1.165, 1.54) is 10.9 Å². The van der Waals surface area contributed by atoms with Gasteiger partial charge < -0.3 is 14.8 Å². The maximum Gasteiger partial charge on any atom is 0.246 e. The van der Waals surface area contributed by atoms with Crippen LogP contribution >= 0.6 is 0 Å². The maximum absolute atomic E-state index is 13.5. The van der Waals surface area contributed by atoms with Gasteiger partial charge in [-0.2, -0.15) is 0 Å². The third kappa shape index (κ3) is 2.43. The predicted molar refractivity (Wildman–Crippen MR) is 104 cm³/mol. The molecule has 4 heterocycles. The molecule has 3 atom stereocenters. The van der Waals surface area contributed by atoms with E-state index in [0.29, 0.717) is 12.3 Å². The number of H-pyrrole nitrogens is 1. The van der Waals surface area contributed by atoms with Crippen molar-refractivity contribution in [2.24, 2.45) is 5.92 Å². The highest BCUT2D eigenvalue weighted by Crippen LogP contribution is 2.43. The summed E-state index contributed by atoms with van der Waals surface area (Å²) in [6.07, 6.45) is 4.35. The fraction of sp³-hybridized carbons (Fsp3) is 0.545. The molecule has 2 fully saturated rings. The first-order chi connectivity index (χ1) is 13.1. The van der Waals surface area contributed by atoms with E-state index in [-0.39, 0.29) is 29.9 Å². The smallest absolute Gasteiger partial charge is 0.246 e. The molecule has 5 heteroatoms. The molecule has 2 aromatic rings. The molecule has 1 N–H and O–H groups in total. The number of nitrogens with zero attached hydrogens (tertiary/aromatic N) is 2. The number of piperidine rings is 1. The molecule has 0 radical (unpaired) electrons. The number of carbonyl (C=O) groups is 2. The monoisotopic (exact) mass is 365 g/mol. The van der Waals surface area contributed by atoms with E-state index in [2.05, 4.69) is 37.0 Å². The molecule has 3 aliphatic rings. The molecule has 5 rings (SSSR count). The molecule has 142 valence electrons. The molecule has 0 saturated carbocycles. The lowest BCUT2D eigenvalue weighted by Crippen LogP contribution is -2.67. The van der Waals surface area contributed by atoms with Gasteiger partial charge in [-0.3, -0.25) is 9.59 Å². The number of nitrogens with one attached hydrogen (secondary N) is 1. The largest absolute Gasteiger partial charge is 0.356 e. The minimum atomic E-state index is -0.345. The summed E-state index contributed by atoms with van der Waals surface area (Å²) in [4.78, 5) is 34.3. The summed E-state index contributed by atoms with van der Waals surface area (Å²) in [5, 5.41) is 1.20. The van der Waals surface area contributed by atoms with Gasteiger partial charge in [0.15, 0.2) is 0 Å². The first-order valence-electron chi connectivity index (χ1n) is 10.3. The first kappa shape index (κ1) is 16.8. The number of aromatic amines is 1. The van der Waals surface area contributed by atoms with Gasteiger partial charge in [-0.05, 0) is 43.2 Å². The van der Waals surface area contributed by atoms with Gasteiger partial charge in [-0.15, -0.1) is 0 Å². The van der Waals surface area contributed by atoms with Crippen LogP contribution in [0, 0.1) is 5.92 Å². The summed E-state index contributed by atoms with van der Waals surface area (Å²) in [5.41, 5.74) is 3.48. The molecule has 0 unspecified atom stereocenters. The average Bonchev–Trinajstić information content (AvgIpc) is 3.04. The van der Waals surface area contributed by atoms with Crippen LogP contribution in [0.2, 0.25) is 0 Å². The van der Waals surface area contributed by atoms with E-state index < -0.39 is 0 Å². The van der Waals surface area contributed by atoms with Gasteiger partial charge in [-0.25, -0.2) is 0 Å². The molecule has 1 aromatic carbocycles. The van der Waals surface area contributed by atoms with Gasteiger partial charge in [-0.1, -0.05) is 32.0 Å². The summed E-state index contributed by atoms with van der Waals surface area (Å²) in [6.45, 7) is 5.11. The van der Waals surface area contributed by atoms with E-state index in [1.54, 1.807) is 0 Å². The number of aromatic nitrogens is 1. The Morgan fingerprint density at radius 2 is 1.93 bits per heavy atom. The number of para-hydroxylation sites is 1. The lowest BCUT2D eigenvalue weighted by atomic mass is 9.83. The van der Waals surface area contributed by atoms with Crippen LogP contribution in [-0.2, 0) is 16.0 Å². The van der Waals surface area contributed by atoms with E-state index in [0.717, 1.165) is 43.4 Å². The summed E-state index contributed by atoms with van der Waals surface area (Å²) >= 11 is 0. The molecular formula is C22H27N3O2. The van der Waals surface area contributed by atoms with Crippen LogP contribution in [0.25, 0.3) is 10.9 Å². The number of piperazine rings is 1. The lowest BCUT2D eigenvalue weighted by Gasteiger charge is -2.51. The zero-order valence-corrected chi connectivity index (χ0v) is 16.1. The Balaban J connectivity index is 1.66. The molecule has 2 saturated heterocycles. The van der Waals surface area contributed by atoms with Crippen molar-refractivity contribution in [3.8, 4) is 0 Å². The Kier molecular flexibility index (Phi) is 3.81. The SMILES string of the molecule is CC(C)C[C@@H]1c2[nH]c3ccccc3c2C[C@H]2C(=O)N3CCCC[C@H]3C(=O)N12. The Morgan fingerprint density at radius 3 is 2.74 bits per heavy atom. The van der Waals surface area contributed by atoms with Gasteiger partial charge >= 0.3 is 0 Å². The van der Waals surface area contributed by atoms with E-state index in [9.17, 15) is 9.59 Å². The van der Waals surface area contributed by atoms with Crippen molar-refractivity contribution >= 4 is 22.7 Å². The molecular weight excluding hydrogens is 338 g/mol. The Morgan fingerprint density at radius 1 is 1.11 bits per heavy atom. The molecule has 2 amide bonds. The fourth-order valence-electron chi connectivity index (χ4n) is 5.38. The third-order valence-corrected chi connectivity index (χ3v) is 6.55. The highest BCUT2D eigenvalue weighted by atomic mass is 16.2. The van der Waals surface area contributed by atoms with Crippen LogP contribution in [0.4, 0.5) is 0 Å². The zero-order valence-electron chi connectivity index (χ0n) is 16.1. The van der Waals surface area contributed by atoms with Gasteiger partial charge in [0.1, 0.15) is 12.1 Å². The van der Waals surface area contributed by atoms with Crippen molar-refractivity contribution in [2.45, 2.75) is 64.1 Å². The number of hydrogen-bond acceptors (Lipinski definition) is 2. The summed E-state index contributed by atoms with van der Waals surface area (Å²) in [6, 6.07) is 7.68. The van der Waals surface area contributed by atoms with Crippen LogP contribution < -0.4 is 0 Å². The Bertz CT molecular complexity index is 915. The standard InChI is InChI=1S/C22H27N3O2/c1-13(2)11-18-20-15(14-7-3-4-8-16(14)23-20)12-19-21(26)24-10-6-5-9-17(24)22(27)25(18)19/h3-4,7-8,13,17-19,23H,5-6,9-12H2,1-2H3/t17-,18+,19-/m0/s1. The second-order valence-corrected chi connectivity index (χ2v) is 8.72. The van der Waals surface area contributed by atoms with Crippen molar-refractivity contribution in [3.05, 3.63) is 35.5 Å². The summed E-state index contributed by atoms with van der Waals surface area (Å²) in [5.74, 6) is 0.763. The van der Waals surface area contributed by atoms with Gasteiger partial charge in [0, 0.05) is 29.6 Å². The van der Waals surface area contributed by atoms with Crippen LogP contribution in [-0.4, -0.2) is 45.2 Å². The maximum atomic E-state index is 13.5. The highest BCUT2D eigenvalue weighted by Gasteiger charge is 2.52. The molecule has 27 heavy (non-hydrogen) atoms. The quantitative estimate of drug-likeness (QED) is 0.887. The summed E-state index contributed by atoms with van der Waals surface area (Å²) < 4.78 is 0. The number of hydrogen-bond donors (Lipinski definition) is 1. The van der Waals surface area contributed by atoms with Gasteiger partial charge in [0.25, 0.3) is 0 Å². The normalized spacial score (nSPS) is 27.7. The topological polar surface area (TPSA) is 56.4 Å². The second-order valence-electron chi connectivity index (χ2n) is 8.72. The first-order valence-corrected chi connectivity index (χ1v) is 10.3. The van der Waals surface area contributed by atoms with E-state index in [1.807, 2.05) is 15.9 Å². The van der Waals surface area contributed by atoms with Crippen molar-refractivity contribution in [2.75, 3.05) is 6.54 Å². The van der Waals surface area contributed by atoms with Crippen molar-refractivity contribution in [1.29, 1.82) is 0 Å². The molecule has 0 spiro atoms. The van der Waals surface area contributed by atoms with Crippen molar-refractivity contribution in [3.63, 3.8) is 0 Å². The van der Waals surface area contributed by atoms with Crippen LogP contribution in [0.5, 0.6) is 0 Å². The summed E-state index contributed by atoms with van der Waals surface area (Å²) in [7, 11) is 0. The van der Waals surface area contributed by atoms with Crippen LogP contribution in [0.1, 0.15) is 56.8 Å². The van der Waals surface area contributed by atoms with E-state index >= 15 is 0 Å². The molecule has 1 aromatic heterocycles. The fourth-order valence-corrected chi connectivity index (χ4v) is 5.38. The molecule has 0 aliphatic carbocycles. The minimum Gasteiger partial charge on any atom is -0.356 e. The average molecular weight is 365 g/mol. The molecule has 5 nitrogen and oxygen atoms in total. The number of amides is 2. The third-order valence-electron chi connectivity index (χ3n) is 6.55. The van der Waals surface area contributed by atoms with Crippen molar-refractivity contribution < 1.29 is 9.59 Å². The Labute approximate surface area is 159 Å².